The fourth-order valence-corrected chi connectivity index (χ4v) is 4.91. The molecule has 0 aliphatic rings. The maximum atomic E-state index is 12.1. The average molecular weight is 617 g/mol. The highest BCUT2D eigenvalue weighted by Crippen LogP contribution is 2.30. The van der Waals surface area contributed by atoms with E-state index in [2.05, 4.69) is 44.9 Å². The smallest absolute Gasteiger partial charge is 0.412 e. The second kappa shape index (κ2) is 11.7. The number of nitrogens with one attached hydrogen (secondary N) is 4. The number of anilines is 2. The van der Waals surface area contributed by atoms with Gasteiger partial charge in [-0.05, 0) is 125 Å². The maximum absolute atomic E-state index is 12.1. The molecule has 4 aromatic carbocycles. The fraction of sp³-hybridized carbons (Fsp3) is 0.222. The van der Waals surface area contributed by atoms with Crippen molar-refractivity contribution in [3.05, 3.63) is 84.9 Å². The Labute approximate surface area is 266 Å². The van der Waals surface area contributed by atoms with E-state index in [1.165, 1.54) is 0 Å². The molecule has 0 aliphatic heterocycles. The molecule has 0 saturated carbocycles. The van der Waals surface area contributed by atoms with Gasteiger partial charge in [-0.15, -0.1) is 0 Å². The molecule has 2 heterocycles. The van der Waals surface area contributed by atoms with Crippen molar-refractivity contribution < 1.29 is 19.1 Å². The third-order valence-electron chi connectivity index (χ3n) is 6.91. The van der Waals surface area contributed by atoms with E-state index in [1.54, 1.807) is 0 Å². The molecule has 6 rings (SSSR count). The number of amides is 2. The second-order valence-electron chi connectivity index (χ2n) is 13.0. The number of ether oxygens (including phenoxy) is 2. The molecular formula is C36H36N6O4. The number of aromatic amines is 2. The normalized spacial score (nSPS) is 11.9. The van der Waals surface area contributed by atoms with E-state index in [-0.39, 0.29) is 0 Å². The van der Waals surface area contributed by atoms with E-state index in [0.29, 0.717) is 11.4 Å². The van der Waals surface area contributed by atoms with Crippen LogP contribution in [0.1, 0.15) is 41.5 Å². The minimum absolute atomic E-state index is 0.496. The van der Waals surface area contributed by atoms with E-state index in [0.717, 1.165) is 56.0 Å². The summed E-state index contributed by atoms with van der Waals surface area (Å²) < 4.78 is 10.7. The Bertz CT molecular complexity index is 1900. The monoisotopic (exact) mass is 616 g/mol. The first-order valence-electron chi connectivity index (χ1n) is 15.0. The lowest BCUT2D eigenvalue weighted by molar-refractivity contribution is 0.0624. The van der Waals surface area contributed by atoms with Crippen LogP contribution < -0.4 is 10.6 Å². The van der Waals surface area contributed by atoms with Crippen molar-refractivity contribution in [3.8, 4) is 33.9 Å². The van der Waals surface area contributed by atoms with Gasteiger partial charge in [-0.3, -0.25) is 10.6 Å². The first-order chi connectivity index (χ1) is 21.8. The molecule has 0 unspecified atom stereocenters. The second-order valence-corrected chi connectivity index (χ2v) is 13.0. The SMILES string of the molecule is CC(C)(C)OC(=O)Nc1ccc(-c2nc3cc(-c4ccc5[nH]c(-c6ccc(NC(=O)OC(C)(C)C)cc6)nc5c4)ccc3[nH]2)cc1. The molecule has 4 N–H and O–H groups in total. The Morgan fingerprint density at radius 2 is 0.891 bits per heavy atom. The van der Waals surface area contributed by atoms with Crippen LogP contribution in [0.15, 0.2) is 84.9 Å². The summed E-state index contributed by atoms with van der Waals surface area (Å²) in [5.74, 6) is 1.46. The van der Waals surface area contributed by atoms with Crippen molar-refractivity contribution in [2.45, 2.75) is 52.7 Å². The minimum Gasteiger partial charge on any atom is -0.444 e. The van der Waals surface area contributed by atoms with Crippen molar-refractivity contribution in [1.29, 1.82) is 0 Å². The molecule has 10 heteroatoms. The molecule has 2 amide bonds. The predicted octanol–water partition coefficient (Wildman–Crippen LogP) is 9.13. The highest BCUT2D eigenvalue weighted by atomic mass is 16.6. The number of carbonyl (C=O) groups is 2. The molecule has 234 valence electrons. The molecular weight excluding hydrogens is 580 g/mol. The summed E-state index contributed by atoms with van der Waals surface area (Å²) in [6, 6.07) is 27.2. The van der Waals surface area contributed by atoms with E-state index in [1.807, 2.05) is 102 Å². The van der Waals surface area contributed by atoms with Gasteiger partial charge in [0.1, 0.15) is 22.9 Å². The summed E-state index contributed by atoms with van der Waals surface area (Å²) in [6.45, 7) is 10.9. The number of hydrogen-bond donors (Lipinski definition) is 4. The number of H-pyrrole nitrogens is 2. The third-order valence-corrected chi connectivity index (χ3v) is 6.91. The molecule has 46 heavy (non-hydrogen) atoms. The van der Waals surface area contributed by atoms with Gasteiger partial charge in [0.15, 0.2) is 0 Å². The summed E-state index contributed by atoms with van der Waals surface area (Å²) in [6.07, 6.45) is -0.992. The largest absolute Gasteiger partial charge is 0.444 e. The molecule has 0 saturated heterocycles. The Balaban J connectivity index is 1.17. The van der Waals surface area contributed by atoms with Crippen LogP contribution >= 0.6 is 0 Å². The highest BCUT2D eigenvalue weighted by Gasteiger charge is 2.18. The van der Waals surface area contributed by atoms with Crippen molar-refractivity contribution in [3.63, 3.8) is 0 Å². The Hall–Kier alpha value is -5.64. The minimum atomic E-state index is -0.568. The lowest BCUT2D eigenvalue weighted by atomic mass is 10.0. The number of hydrogen-bond acceptors (Lipinski definition) is 6. The maximum Gasteiger partial charge on any atom is 0.412 e. The summed E-state index contributed by atoms with van der Waals surface area (Å²) in [7, 11) is 0. The number of fused-ring (bicyclic) bond motifs is 2. The van der Waals surface area contributed by atoms with Crippen molar-refractivity contribution in [2.24, 2.45) is 0 Å². The summed E-state index contributed by atoms with van der Waals surface area (Å²) in [4.78, 5) is 40.6. The van der Waals surface area contributed by atoms with Crippen LogP contribution in [0.5, 0.6) is 0 Å². The average Bonchev–Trinajstić information content (AvgIpc) is 3.59. The van der Waals surface area contributed by atoms with E-state index in [4.69, 9.17) is 19.4 Å². The zero-order chi connectivity index (χ0) is 32.6. The van der Waals surface area contributed by atoms with Gasteiger partial charge >= 0.3 is 12.2 Å². The molecule has 0 bridgehead atoms. The van der Waals surface area contributed by atoms with Gasteiger partial charge in [-0.25, -0.2) is 19.6 Å². The van der Waals surface area contributed by atoms with Crippen LogP contribution in [0.4, 0.5) is 21.0 Å². The highest BCUT2D eigenvalue weighted by molar-refractivity contribution is 5.90. The van der Waals surface area contributed by atoms with Gasteiger partial charge in [0.2, 0.25) is 0 Å². The lowest BCUT2D eigenvalue weighted by Crippen LogP contribution is -2.27. The molecule has 0 aliphatic carbocycles. The van der Waals surface area contributed by atoms with Crippen LogP contribution in [-0.2, 0) is 9.47 Å². The molecule has 0 atom stereocenters. The molecule has 0 fully saturated rings. The Morgan fingerprint density at radius 3 is 1.24 bits per heavy atom. The van der Waals surface area contributed by atoms with Gasteiger partial charge in [0, 0.05) is 22.5 Å². The molecule has 0 spiro atoms. The number of carbonyl (C=O) groups excluding carboxylic acids is 2. The molecule has 6 aromatic rings. The quantitative estimate of drug-likeness (QED) is 0.153. The number of imidazole rings is 2. The molecule has 0 radical (unpaired) electrons. The number of nitrogens with zero attached hydrogens (tertiary/aromatic N) is 2. The Morgan fingerprint density at radius 1 is 0.543 bits per heavy atom. The zero-order valence-electron chi connectivity index (χ0n) is 26.6. The van der Waals surface area contributed by atoms with Crippen LogP contribution in [0, 0.1) is 0 Å². The van der Waals surface area contributed by atoms with Gasteiger partial charge in [-0.2, -0.15) is 0 Å². The summed E-state index contributed by atoms with van der Waals surface area (Å²) in [5.41, 5.74) is 7.49. The molecule has 10 nitrogen and oxygen atoms in total. The van der Waals surface area contributed by atoms with Gasteiger partial charge in [0.05, 0.1) is 22.1 Å². The Kier molecular flexibility index (Phi) is 7.73. The van der Waals surface area contributed by atoms with Crippen molar-refractivity contribution in [1.82, 2.24) is 19.9 Å². The van der Waals surface area contributed by atoms with Crippen LogP contribution in [-0.4, -0.2) is 43.3 Å². The van der Waals surface area contributed by atoms with Crippen LogP contribution in [0.25, 0.3) is 56.0 Å². The topological polar surface area (TPSA) is 134 Å². The van der Waals surface area contributed by atoms with Crippen molar-refractivity contribution in [2.75, 3.05) is 10.6 Å². The van der Waals surface area contributed by atoms with Gasteiger partial charge in [0.25, 0.3) is 0 Å². The summed E-state index contributed by atoms with van der Waals surface area (Å²) >= 11 is 0. The predicted molar refractivity (Wildman–Crippen MR) is 182 cm³/mol. The van der Waals surface area contributed by atoms with Crippen molar-refractivity contribution >= 4 is 45.6 Å². The van der Waals surface area contributed by atoms with E-state index >= 15 is 0 Å². The molecule has 2 aromatic heterocycles. The standard InChI is InChI=1S/C36H36N6O4/c1-35(2,3)45-33(43)37-25-13-7-21(8-14-25)31-39-27-17-11-23(19-29(27)41-31)24-12-18-28-30(20-24)42-32(40-28)22-9-15-26(16-10-22)38-34(44)46-36(4,5)6/h7-20H,1-6H3,(H,37,43)(H,38,44)(H,39,41)(H,40,42). The van der Waals surface area contributed by atoms with Crippen LogP contribution in [0.2, 0.25) is 0 Å². The number of aromatic nitrogens is 4. The van der Waals surface area contributed by atoms with E-state index < -0.39 is 23.4 Å². The summed E-state index contributed by atoms with van der Waals surface area (Å²) in [5, 5.41) is 5.50. The van der Waals surface area contributed by atoms with Gasteiger partial charge in [-0.1, -0.05) is 12.1 Å². The lowest BCUT2D eigenvalue weighted by Gasteiger charge is -2.19. The zero-order valence-corrected chi connectivity index (χ0v) is 26.6. The fourth-order valence-electron chi connectivity index (χ4n) is 4.91. The van der Waals surface area contributed by atoms with E-state index in [9.17, 15) is 9.59 Å². The van der Waals surface area contributed by atoms with Crippen LogP contribution in [0.3, 0.4) is 0 Å². The van der Waals surface area contributed by atoms with Gasteiger partial charge < -0.3 is 19.4 Å². The first kappa shape index (κ1) is 30.4. The third kappa shape index (κ3) is 7.18. The number of benzene rings is 4. The number of rotatable bonds is 5. The first-order valence-corrected chi connectivity index (χ1v) is 15.0.